The molecule has 0 heterocycles. The molecule has 0 aliphatic heterocycles. The molecule has 0 aromatic heterocycles. The van der Waals surface area contributed by atoms with Gasteiger partial charge in [0.25, 0.3) is 0 Å². The van der Waals surface area contributed by atoms with Gasteiger partial charge < -0.3 is 5.32 Å². The van der Waals surface area contributed by atoms with Crippen LogP contribution in [0.15, 0.2) is 24.3 Å². The van der Waals surface area contributed by atoms with E-state index in [0.717, 1.165) is 18.3 Å². The summed E-state index contributed by atoms with van der Waals surface area (Å²) in [6.07, 6.45) is 6.63. The van der Waals surface area contributed by atoms with Gasteiger partial charge in [-0.05, 0) is 43.9 Å². The van der Waals surface area contributed by atoms with Crippen molar-refractivity contribution in [2.45, 2.75) is 71.5 Å². The van der Waals surface area contributed by atoms with E-state index in [2.05, 4.69) is 36.2 Å². The molecule has 116 valence electrons. The van der Waals surface area contributed by atoms with Crippen molar-refractivity contribution in [3.8, 4) is 0 Å². The fraction of sp³-hybridized carbons (Fsp3) is 0.611. The molecule has 1 aromatic rings. The van der Waals surface area contributed by atoms with Crippen LogP contribution >= 0.6 is 0 Å². The van der Waals surface area contributed by atoms with Crippen LogP contribution in [-0.2, 0) is 11.3 Å². The van der Waals surface area contributed by atoms with Crippen molar-refractivity contribution in [1.82, 2.24) is 4.90 Å². The average Bonchev–Trinajstić information content (AvgIpc) is 2.99. The van der Waals surface area contributed by atoms with E-state index in [1.54, 1.807) is 6.92 Å². The van der Waals surface area contributed by atoms with Crippen molar-refractivity contribution in [2.75, 3.05) is 5.32 Å². The quantitative estimate of drug-likeness (QED) is 0.851. The van der Waals surface area contributed by atoms with Crippen molar-refractivity contribution in [3.63, 3.8) is 0 Å². The third-order valence-corrected chi connectivity index (χ3v) is 4.59. The van der Waals surface area contributed by atoms with E-state index in [0.29, 0.717) is 6.04 Å². The zero-order chi connectivity index (χ0) is 15.2. The highest BCUT2D eigenvalue weighted by Gasteiger charge is 2.25. The van der Waals surface area contributed by atoms with Gasteiger partial charge in [-0.3, -0.25) is 9.69 Å². The highest BCUT2D eigenvalue weighted by molar-refractivity contribution is 5.88. The summed E-state index contributed by atoms with van der Waals surface area (Å²) in [5.41, 5.74) is 2.21. The van der Waals surface area contributed by atoms with Crippen LogP contribution in [0.25, 0.3) is 0 Å². The molecule has 0 bridgehead atoms. The van der Waals surface area contributed by atoms with Crippen molar-refractivity contribution in [2.24, 2.45) is 0 Å². The van der Waals surface area contributed by atoms with E-state index in [-0.39, 0.29) is 5.91 Å². The summed E-state index contributed by atoms with van der Waals surface area (Å²) in [5.74, 6) is -0.0186. The maximum Gasteiger partial charge on any atom is 0.221 e. The molecule has 1 N–H and O–H groups in total. The van der Waals surface area contributed by atoms with Crippen molar-refractivity contribution in [3.05, 3.63) is 29.8 Å². The predicted molar refractivity (Wildman–Crippen MR) is 88.3 cm³/mol. The average molecular weight is 288 g/mol. The summed E-state index contributed by atoms with van der Waals surface area (Å²) in [6, 6.07) is 9.64. The van der Waals surface area contributed by atoms with Crippen LogP contribution in [-0.4, -0.2) is 22.9 Å². The van der Waals surface area contributed by atoms with Crippen LogP contribution in [0.3, 0.4) is 0 Å². The normalized spacial score (nSPS) is 17.1. The smallest absolute Gasteiger partial charge is 0.221 e. The fourth-order valence-corrected chi connectivity index (χ4v) is 3.22. The fourth-order valence-electron chi connectivity index (χ4n) is 3.22. The summed E-state index contributed by atoms with van der Waals surface area (Å²) in [4.78, 5) is 13.7. The van der Waals surface area contributed by atoms with E-state index in [4.69, 9.17) is 0 Å². The summed E-state index contributed by atoms with van der Waals surface area (Å²) in [7, 11) is 0. The first-order valence-corrected chi connectivity index (χ1v) is 8.22. The van der Waals surface area contributed by atoms with Crippen LogP contribution in [0, 0.1) is 0 Å². The number of anilines is 1. The van der Waals surface area contributed by atoms with E-state index < -0.39 is 0 Å². The molecule has 1 aliphatic carbocycles. The molecule has 3 nitrogen and oxygen atoms in total. The standard InChI is InChI=1S/C18H28N2O/c1-4-14(2)20(18-7-5-6-8-18)13-16-9-11-17(12-10-16)19-15(3)21/h9-12,14,18H,4-8,13H2,1-3H3,(H,19,21). The molecular weight excluding hydrogens is 260 g/mol. The van der Waals surface area contributed by atoms with Gasteiger partial charge in [-0.25, -0.2) is 0 Å². The first-order chi connectivity index (χ1) is 10.1. The van der Waals surface area contributed by atoms with Gasteiger partial charge in [0.2, 0.25) is 5.91 Å². The molecule has 0 spiro atoms. The molecule has 1 aromatic carbocycles. The second-order valence-electron chi connectivity index (χ2n) is 6.25. The Kier molecular flexibility index (Phi) is 5.80. The van der Waals surface area contributed by atoms with Crippen molar-refractivity contribution >= 4 is 11.6 Å². The number of amides is 1. The Morgan fingerprint density at radius 1 is 1.29 bits per heavy atom. The maximum absolute atomic E-state index is 11.1. The van der Waals surface area contributed by atoms with Gasteiger partial charge in [-0.15, -0.1) is 0 Å². The van der Waals surface area contributed by atoms with Crippen molar-refractivity contribution in [1.29, 1.82) is 0 Å². The van der Waals surface area contributed by atoms with Crippen LogP contribution in [0.5, 0.6) is 0 Å². The largest absolute Gasteiger partial charge is 0.326 e. The third kappa shape index (κ3) is 4.57. The molecule has 1 fully saturated rings. The van der Waals surface area contributed by atoms with Gasteiger partial charge in [-0.1, -0.05) is 31.9 Å². The molecule has 2 rings (SSSR count). The topological polar surface area (TPSA) is 32.3 Å². The Labute approximate surface area is 128 Å². The van der Waals surface area contributed by atoms with Gasteiger partial charge in [0, 0.05) is 31.2 Å². The first kappa shape index (κ1) is 16.0. The Bertz CT molecular complexity index is 449. The van der Waals surface area contributed by atoms with Gasteiger partial charge >= 0.3 is 0 Å². The molecule has 1 amide bonds. The Balaban J connectivity index is 2.03. The van der Waals surface area contributed by atoms with Crippen LogP contribution < -0.4 is 5.32 Å². The number of hydrogen-bond donors (Lipinski definition) is 1. The van der Waals surface area contributed by atoms with Gasteiger partial charge in [-0.2, -0.15) is 0 Å². The molecule has 0 radical (unpaired) electrons. The highest BCUT2D eigenvalue weighted by Crippen LogP contribution is 2.27. The zero-order valence-corrected chi connectivity index (χ0v) is 13.6. The molecule has 1 atom stereocenters. The Hall–Kier alpha value is -1.35. The van der Waals surface area contributed by atoms with Gasteiger partial charge in [0.05, 0.1) is 0 Å². The minimum atomic E-state index is -0.0186. The van der Waals surface area contributed by atoms with Crippen molar-refractivity contribution < 1.29 is 4.79 Å². The molecular formula is C18H28N2O. The monoisotopic (exact) mass is 288 g/mol. The van der Waals surface area contributed by atoms with Gasteiger partial charge in [0.15, 0.2) is 0 Å². The second kappa shape index (κ2) is 7.60. The van der Waals surface area contributed by atoms with Crippen LogP contribution in [0.2, 0.25) is 0 Å². The minimum absolute atomic E-state index is 0.0186. The minimum Gasteiger partial charge on any atom is -0.326 e. The highest BCUT2D eigenvalue weighted by atomic mass is 16.1. The molecule has 21 heavy (non-hydrogen) atoms. The SMILES string of the molecule is CCC(C)N(Cc1ccc(NC(C)=O)cc1)C1CCCC1. The molecule has 3 heteroatoms. The lowest BCUT2D eigenvalue weighted by Crippen LogP contribution is -2.39. The summed E-state index contributed by atoms with van der Waals surface area (Å²) < 4.78 is 0. The van der Waals surface area contributed by atoms with Crippen LogP contribution in [0.1, 0.15) is 58.4 Å². The lowest BCUT2D eigenvalue weighted by molar-refractivity contribution is -0.114. The molecule has 0 saturated heterocycles. The number of rotatable bonds is 6. The second-order valence-corrected chi connectivity index (χ2v) is 6.25. The lowest BCUT2D eigenvalue weighted by Gasteiger charge is -2.34. The van der Waals surface area contributed by atoms with Crippen LogP contribution in [0.4, 0.5) is 5.69 Å². The number of hydrogen-bond acceptors (Lipinski definition) is 2. The zero-order valence-electron chi connectivity index (χ0n) is 13.6. The van der Waals surface area contributed by atoms with E-state index in [1.165, 1.54) is 37.7 Å². The number of nitrogens with one attached hydrogen (secondary N) is 1. The van der Waals surface area contributed by atoms with E-state index >= 15 is 0 Å². The van der Waals surface area contributed by atoms with E-state index in [9.17, 15) is 4.79 Å². The lowest BCUT2D eigenvalue weighted by atomic mass is 10.1. The Morgan fingerprint density at radius 3 is 2.43 bits per heavy atom. The summed E-state index contributed by atoms with van der Waals surface area (Å²) in [5, 5.41) is 2.82. The number of carbonyl (C=O) groups is 1. The first-order valence-electron chi connectivity index (χ1n) is 8.22. The Morgan fingerprint density at radius 2 is 1.90 bits per heavy atom. The predicted octanol–water partition coefficient (Wildman–Crippen LogP) is 4.19. The summed E-state index contributed by atoms with van der Waals surface area (Å²) in [6.45, 7) is 7.16. The van der Waals surface area contributed by atoms with E-state index in [1.807, 2.05) is 12.1 Å². The number of nitrogens with zero attached hydrogens (tertiary/aromatic N) is 1. The number of benzene rings is 1. The summed E-state index contributed by atoms with van der Waals surface area (Å²) >= 11 is 0. The third-order valence-electron chi connectivity index (χ3n) is 4.59. The molecule has 1 unspecified atom stereocenters. The molecule has 1 saturated carbocycles. The molecule has 1 aliphatic rings. The van der Waals surface area contributed by atoms with Gasteiger partial charge in [0.1, 0.15) is 0 Å². The maximum atomic E-state index is 11.1. The number of carbonyl (C=O) groups excluding carboxylic acids is 1.